The van der Waals surface area contributed by atoms with Crippen LogP contribution in [-0.4, -0.2) is 37.3 Å². The molecular weight excluding hydrogens is 216 g/mol. The van der Waals surface area contributed by atoms with Gasteiger partial charge < -0.3 is 14.7 Å². The molecule has 0 spiro atoms. The van der Waals surface area contributed by atoms with E-state index in [1.165, 1.54) is 12.8 Å². The first-order valence-electron chi connectivity index (χ1n) is 6.37. The number of aromatic nitrogens is 2. The zero-order valence-corrected chi connectivity index (χ0v) is 10.9. The zero-order chi connectivity index (χ0) is 12.3. The fraction of sp³-hybridized carbons (Fsp3) is 0.833. The summed E-state index contributed by atoms with van der Waals surface area (Å²) < 4.78 is 5.26. The second-order valence-electron chi connectivity index (χ2n) is 5.17. The van der Waals surface area contributed by atoms with E-state index in [2.05, 4.69) is 22.4 Å². The van der Waals surface area contributed by atoms with E-state index in [0.29, 0.717) is 11.9 Å². The Balaban J connectivity index is 1.90. The third-order valence-corrected chi connectivity index (χ3v) is 3.49. The van der Waals surface area contributed by atoms with Gasteiger partial charge in [-0.25, -0.2) is 0 Å². The van der Waals surface area contributed by atoms with E-state index >= 15 is 0 Å². The van der Waals surface area contributed by atoms with Crippen LogP contribution in [0.4, 0.5) is 5.95 Å². The van der Waals surface area contributed by atoms with Gasteiger partial charge in [0.1, 0.15) is 0 Å². The summed E-state index contributed by atoms with van der Waals surface area (Å²) in [5, 5.41) is 7.39. The van der Waals surface area contributed by atoms with Crippen LogP contribution in [0, 0.1) is 11.8 Å². The third kappa shape index (κ3) is 3.19. The van der Waals surface area contributed by atoms with Crippen LogP contribution < -0.4 is 10.2 Å². The van der Waals surface area contributed by atoms with Crippen molar-refractivity contribution in [1.82, 2.24) is 15.5 Å². The Morgan fingerprint density at radius 3 is 2.94 bits per heavy atom. The first kappa shape index (κ1) is 12.4. The molecule has 1 N–H and O–H groups in total. The molecule has 17 heavy (non-hydrogen) atoms. The standard InChI is InChI=1S/C12H22N4O/c1-9(10-5-4-6-13-8-10)7-11-14-12(15-17-11)16(2)3/h9-10,13H,4-8H2,1-3H3. The molecule has 2 unspecified atom stereocenters. The molecule has 0 aromatic carbocycles. The van der Waals surface area contributed by atoms with E-state index in [1.54, 1.807) is 0 Å². The van der Waals surface area contributed by atoms with Crippen molar-refractivity contribution in [1.29, 1.82) is 0 Å². The minimum absolute atomic E-state index is 0.596. The van der Waals surface area contributed by atoms with Gasteiger partial charge in [-0.2, -0.15) is 4.98 Å². The lowest BCUT2D eigenvalue weighted by atomic mass is 9.85. The maximum Gasteiger partial charge on any atom is 0.265 e. The normalized spacial score (nSPS) is 22.4. The molecule has 2 rings (SSSR count). The van der Waals surface area contributed by atoms with E-state index in [9.17, 15) is 0 Å². The Hall–Kier alpha value is -1.10. The lowest BCUT2D eigenvalue weighted by Crippen LogP contribution is -2.33. The fourth-order valence-electron chi connectivity index (χ4n) is 2.32. The Bertz CT molecular complexity index is 344. The van der Waals surface area contributed by atoms with Crippen LogP contribution in [0.3, 0.4) is 0 Å². The molecule has 1 fully saturated rings. The van der Waals surface area contributed by atoms with Gasteiger partial charge in [0, 0.05) is 20.5 Å². The number of rotatable bonds is 4. The van der Waals surface area contributed by atoms with E-state index in [-0.39, 0.29) is 0 Å². The van der Waals surface area contributed by atoms with Crippen LogP contribution in [0.5, 0.6) is 0 Å². The summed E-state index contributed by atoms with van der Waals surface area (Å²) in [6, 6.07) is 0. The number of nitrogens with zero attached hydrogens (tertiary/aromatic N) is 3. The summed E-state index contributed by atoms with van der Waals surface area (Å²) in [7, 11) is 3.84. The average molecular weight is 238 g/mol. The molecule has 5 heteroatoms. The van der Waals surface area contributed by atoms with Gasteiger partial charge in [0.05, 0.1) is 0 Å². The Morgan fingerprint density at radius 2 is 2.35 bits per heavy atom. The highest BCUT2D eigenvalue weighted by Crippen LogP contribution is 2.23. The predicted octanol–water partition coefficient (Wildman–Crippen LogP) is 1.31. The second kappa shape index (κ2) is 5.49. The smallest absolute Gasteiger partial charge is 0.265 e. The van der Waals surface area contributed by atoms with Gasteiger partial charge in [-0.3, -0.25) is 0 Å². The van der Waals surface area contributed by atoms with Crippen LogP contribution in [0.15, 0.2) is 4.52 Å². The molecule has 1 aliphatic rings. The molecule has 2 atom stereocenters. The fourth-order valence-corrected chi connectivity index (χ4v) is 2.32. The van der Waals surface area contributed by atoms with Crippen molar-refractivity contribution in [2.45, 2.75) is 26.2 Å². The van der Waals surface area contributed by atoms with Gasteiger partial charge in [-0.1, -0.05) is 6.92 Å². The minimum Gasteiger partial charge on any atom is -0.344 e. The maximum absolute atomic E-state index is 5.26. The highest BCUT2D eigenvalue weighted by atomic mass is 16.5. The lowest BCUT2D eigenvalue weighted by molar-refractivity contribution is 0.257. The van der Waals surface area contributed by atoms with Crippen LogP contribution in [-0.2, 0) is 6.42 Å². The quantitative estimate of drug-likeness (QED) is 0.857. The van der Waals surface area contributed by atoms with E-state index in [0.717, 1.165) is 31.3 Å². The minimum atomic E-state index is 0.596. The summed E-state index contributed by atoms with van der Waals surface area (Å²) in [6.45, 7) is 4.56. The Kier molecular flexibility index (Phi) is 3.99. The van der Waals surface area contributed by atoms with Gasteiger partial charge in [-0.15, -0.1) is 0 Å². The number of hydrogen-bond donors (Lipinski definition) is 1. The number of anilines is 1. The van der Waals surface area contributed by atoms with E-state index < -0.39 is 0 Å². The third-order valence-electron chi connectivity index (χ3n) is 3.49. The van der Waals surface area contributed by atoms with Crippen molar-refractivity contribution in [2.24, 2.45) is 11.8 Å². The largest absolute Gasteiger partial charge is 0.344 e. The van der Waals surface area contributed by atoms with Crippen LogP contribution in [0.1, 0.15) is 25.7 Å². The van der Waals surface area contributed by atoms with Gasteiger partial charge in [-0.05, 0) is 42.9 Å². The highest BCUT2D eigenvalue weighted by Gasteiger charge is 2.22. The molecule has 2 heterocycles. The molecule has 1 aliphatic heterocycles. The molecule has 1 aromatic heterocycles. The molecule has 0 radical (unpaired) electrons. The van der Waals surface area contributed by atoms with Gasteiger partial charge in [0.25, 0.3) is 5.95 Å². The first-order valence-corrected chi connectivity index (χ1v) is 6.37. The van der Waals surface area contributed by atoms with Crippen molar-refractivity contribution in [3.8, 4) is 0 Å². The summed E-state index contributed by atoms with van der Waals surface area (Å²) in [5.41, 5.74) is 0. The number of piperidine rings is 1. The van der Waals surface area contributed by atoms with Gasteiger partial charge >= 0.3 is 0 Å². The van der Waals surface area contributed by atoms with Crippen molar-refractivity contribution in [2.75, 3.05) is 32.1 Å². The van der Waals surface area contributed by atoms with Crippen molar-refractivity contribution >= 4 is 5.95 Å². The molecule has 1 aromatic rings. The predicted molar refractivity (Wildman–Crippen MR) is 67.1 cm³/mol. The molecular formula is C12H22N4O. The van der Waals surface area contributed by atoms with Crippen LogP contribution >= 0.6 is 0 Å². The highest BCUT2D eigenvalue weighted by molar-refractivity contribution is 5.23. The maximum atomic E-state index is 5.26. The molecule has 5 nitrogen and oxygen atoms in total. The Labute approximate surface area is 103 Å². The second-order valence-corrected chi connectivity index (χ2v) is 5.17. The molecule has 96 valence electrons. The van der Waals surface area contributed by atoms with Crippen LogP contribution in [0.2, 0.25) is 0 Å². The topological polar surface area (TPSA) is 54.2 Å². The number of nitrogens with one attached hydrogen (secondary N) is 1. The molecule has 0 amide bonds. The van der Waals surface area contributed by atoms with Crippen molar-refractivity contribution in [3.05, 3.63) is 5.89 Å². The summed E-state index contributed by atoms with van der Waals surface area (Å²) >= 11 is 0. The summed E-state index contributed by atoms with van der Waals surface area (Å²) in [5.74, 6) is 2.75. The molecule has 0 bridgehead atoms. The van der Waals surface area contributed by atoms with Gasteiger partial charge in [0.2, 0.25) is 5.89 Å². The lowest BCUT2D eigenvalue weighted by Gasteiger charge is -2.27. The molecule has 0 aliphatic carbocycles. The van der Waals surface area contributed by atoms with E-state index in [4.69, 9.17) is 4.52 Å². The first-order chi connectivity index (χ1) is 8.16. The SMILES string of the molecule is CC(Cc1nc(N(C)C)no1)C1CCCNC1. The Morgan fingerprint density at radius 1 is 1.53 bits per heavy atom. The zero-order valence-electron chi connectivity index (χ0n) is 10.9. The molecule has 0 saturated carbocycles. The van der Waals surface area contributed by atoms with Crippen molar-refractivity contribution < 1.29 is 4.52 Å². The summed E-state index contributed by atoms with van der Waals surface area (Å²) in [6.07, 6.45) is 3.47. The van der Waals surface area contributed by atoms with Crippen molar-refractivity contribution in [3.63, 3.8) is 0 Å². The number of hydrogen-bond acceptors (Lipinski definition) is 5. The summed E-state index contributed by atoms with van der Waals surface area (Å²) in [4.78, 5) is 6.23. The monoisotopic (exact) mass is 238 g/mol. The van der Waals surface area contributed by atoms with E-state index in [1.807, 2.05) is 19.0 Å². The molecule has 1 saturated heterocycles. The average Bonchev–Trinajstić information content (AvgIpc) is 2.79. The van der Waals surface area contributed by atoms with Crippen LogP contribution in [0.25, 0.3) is 0 Å². The van der Waals surface area contributed by atoms with Gasteiger partial charge in [0.15, 0.2) is 0 Å².